The lowest BCUT2D eigenvalue weighted by Gasteiger charge is -2.53. The maximum absolute atomic E-state index is 13.4. The number of nitrogens with zero attached hydrogens (tertiary/aromatic N) is 1. The Bertz CT molecular complexity index is 950. The van der Waals surface area contributed by atoms with E-state index in [1.54, 1.807) is 12.0 Å². The van der Waals surface area contributed by atoms with Crippen molar-refractivity contribution in [3.63, 3.8) is 0 Å². The molecule has 2 heterocycles. The van der Waals surface area contributed by atoms with E-state index in [1.807, 2.05) is 61.5 Å². The third-order valence-electron chi connectivity index (χ3n) is 6.47. The van der Waals surface area contributed by atoms with E-state index in [2.05, 4.69) is 0 Å². The summed E-state index contributed by atoms with van der Waals surface area (Å²) in [7, 11) is 1.60. The van der Waals surface area contributed by atoms with Crippen LogP contribution in [0.4, 0.5) is 0 Å². The van der Waals surface area contributed by atoms with Crippen molar-refractivity contribution in [2.24, 2.45) is 5.92 Å². The molecule has 0 bridgehead atoms. The molecule has 0 aromatic heterocycles. The quantitative estimate of drug-likeness (QED) is 0.438. The number of benzene rings is 2. The smallest absolute Gasteiger partial charge is 0.339 e. The Labute approximate surface area is 187 Å². The maximum Gasteiger partial charge on any atom is 0.339 e. The lowest BCUT2D eigenvalue weighted by molar-refractivity contribution is -0.243. The number of ether oxygens (including phenoxy) is 3. The highest BCUT2D eigenvalue weighted by Crippen LogP contribution is 2.55. The van der Waals surface area contributed by atoms with Gasteiger partial charge in [0.25, 0.3) is 0 Å². The number of fused-ring (bicyclic) bond motifs is 1. The molecule has 2 aliphatic rings. The molecule has 2 unspecified atom stereocenters. The van der Waals surface area contributed by atoms with E-state index in [9.17, 15) is 9.59 Å². The van der Waals surface area contributed by atoms with Crippen LogP contribution in [0.15, 0.2) is 54.6 Å². The average Bonchev–Trinajstić information content (AvgIpc) is 2.91. The van der Waals surface area contributed by atoms with Gasteiger partial charge in [-0.25, -0.2) is 4.79 Å². The molecule has 2 aromatic carbocycles. The van der Waals surface area contributed by atoms with Gasteiger partial charge in [-0.15, -0.1) is 11.6 Å². The van der Waals surface area contributed by atoms with Crippen LogP contribution in [0.25, 0.3) is 0 Å². The Morgan fingerprint density at radius 3 is 2.39 bits per heavy atom. The molecule has 0 saturated carbocycles. The molecule has 2 aromatic rings. The lowest BCUT2D eigenvalue weighted by Crippen LogP contribution is -2.76. The van der Waals surface area contributed by atoms with Crippen LogP contribution in [-0.4, -0.2) is 47.5 Å². The number of rotatable bonds is 9. The largest absolute Gasteiger partial charge is 0.497 e. The van der Waals surface area contributed by atoms with Crippen LogP contribution in [0, 0.1) is 5.92 Å². The first-order valence-corrected chi connectivity index (χ1v) is 10.8. The summed E-state index contributed by atoms with van der Waals surface area (Å²) in [6.45, 7) is 2.51. The van der Waals surface area contributed by atoms with Gasteiger partial charge in [0.05, 0.1) is 26.2 Å². The highest BCUT2D eigenvalue weighted by molar-refractivity contribution is 6.18. The van der Waals surface area contributed by atoms with Gasteiger partial charge in [-0.2, -0.15) is 0 Å². The van der Waals surface area contributed by atoms with Gasteiger partial charge < -0.3 is 19.1 Å². The normalized spacial score (nSPS) is 26.9. The summed E-state index contributed by atoms with van der Waals surface area (Å²) in [5, 5.41) is 0. The molecule has 6 nitrogen and oxygen atoms in total. The van der Waals surface area contributed by atoms with E-state index in [-0.39, 0.29) is 19.1 Å². The van der Waals surface area contributed by atoms with Crippen LogP contribution in [0.1, 0.15) is 24.5 Å². The van der Waals surface area contributed by atoms with Gasteiger partial charge in [-0.3, -0.25) is 4.79 Å². The van der Waals surface area contributed by atoms with Gasteiger partial charge in [0, 0.05) is 12.4 Å². The second kappa shape index (κ2) is 8.52. The van der Waals surface area contributed by atoms with E-state index in [4.69, 9.17) is 25.8 Å². The van der Waals surface area contributed by atoms with Gasteiger partial charge in [0.1, 0.15) is 5.75 Å². The zero-order valence-electron chi connectivity index (χ0n) is 17.7. The molecule has 2 aliphatic heterocycles. The molecule has 1 amide bonds. The van der Waals surface area contributed by atoms with E-state index in [0.717, 1.165) is 16.9 Å². The number of carbonyl (C=O) groups excluding carboxylic acids is 2. The Hall–Kier alpha value is -2.57. The predicted molar refractivity (Wildman–Crippen MR) is 116 cm³/mol. The van der Waals surface area contributed by atoms with Gasteiger partial charge in [-0.05, 0) is 36.6 Å². The zero-order chi connectivity index (χ0) is 22.1. The van der Waals surface area contributed by atoms with Crippen molar-refractivity contribution in [2.45, 2.75) is 37.6 Å². The number of hydrogen-bond acceptors (Lipinski definition) is 5. The summed E-state index contributed by atoms with van der Waals surface area (Å²) >= 11 is 6.00. The van der Waals surface area contributed by atoms with Gasteiger partial charge in [-0.1, -0.05) is 42.5 Å². The number of likely N-dealkylation sites (tertiary alicyclic amines) is 1. The van der Waals surface area contributed by atoms with E-state index in [0.29, 0.717) is 18.9 Å². The molecule has 0 N–H and O–H groups in total. The predicted octanol–water partition coefficient (Wildman–Crippen LogP) is 3.55. The highest BCUT2D eigenvalue weighted by Gasteiger charge is 2.79. The number of carbonyl (C=O) groups is 2. The van der Waals surface area contributed by atoms with E-state index < -0.39 is 23.0 Å². The van der Waals surface area contributed by atoms with Crippen LogP contribution in [0.5, 0.6) is 5.75 Å². The van der Waals surface area contributed by atoms with Crippen LogP contribution in [0.2, 0.25) is 0 Å². The van der Waals surface area contributed by atoms with E-state index >= 15 is 0 Å². The van der Waals surface area contributed by atoms with Crippen LogP contribution in [0.3, 0.4) is 0 Å². The number of esters is 1. The topological polar surface area (TPSA) is 65.1 Å². The fourth-order valence-corrected chi connectivity index (χ4v) is 4.89. The molecule has 0 aliphatic carbocycles. The van der Waals surface area contributed by atoms with Crippen LogP contribution in [-0.2, 0) is 32.2 Å². The third kappa shape index (κ3) is 3.48. The molecule has 31 heavy (non-hydrogen) atoms. The summed E-state index contributed by atoms with van der Waals surface area (Å²) in [5.74, 6) is -0.0253. The van der Waals surface area contributed by atoms with Crippen molar-refractivity contribution >= 4 is 23.5 Å². The summed E-state index contributed by atoms with van der Waals surface area (Å²) in [5.41, 5.74) is -0.254. The first kappa shape index (κ1) is 21.7. The summed E-state index contributed by atoms with van der Waals surface area (Å²) < 4.78 is 16.8. The molecule has 2 fully saturated rings. The standard InChI is InChI=1S/C24H26ClNO5/c1-23-20(12-13-25)21(27)26(14-17-8-10-19(29-2)11-9-17)24(23,22(28)31-23)16-30-15-18-6-4-3-5-7-18/h3-11,20H,12-16H2,1-2H3/t20?,23-,24?/m1/s1. The number of amides is 1. The molecule has 164 valence electrons. The molecule has 0 radical (unpaired) electrons. The number of methoxy groups -OCH3 is 1. The summed E-state index contributed by atoms with van der Waals surface area (Å²) in [4.78, 5) is 28.0. The van der Waals surface area contributed by atoms with Gasteiger partial charge >= 0.3 is 5.97 Å². The van der Waals surface area contributed by atoms with Crippen molar-refractivity contribution in [1.29, 1.82) is 0 Å². The number of alkyl halides is 1. The molecule has 0 spiro atoms. The van der Waals surface area contributed by atoms with Crippen LogP contribution < -0.4 is 4.74 Å². The second-order valence-electron chi connectivity index (χ2n) is 8.14. The monoisotopic (exact) mass is 443 g/mol. The fourth-order valence-electron chi connectivity index (χ4n) is 4.67. The maximum atomic E-state index is 13.4. The molecular weight excluding hydrogens is 418 g/mol. The van der Waals surface area contributed by atoms with Crippen molar-refractivity contribution in [1.82, 2.24) is 4.90 Å². The summed E-state index contributed by atoms with van der Waals surface area (Å²) in [6.07, 6.45) is 0.434. The highest BCUT2D eigenvalue weighted by atomic mass is 35.5. The zero-order valence-corrected chi connectivity index (χ0v) is 18.4. The number of hydrogen-bond donors (Lipinski definition) is 0. The molecular formula is C24H26ClNO5. The Kier molecular flexibility index (Phi) is 5.95. The minimum Gasteiger partial charge on any atom is -0.497 e. The van der Waals surface area contributed by atoms with Crippen molar-refractivity contribution in [2.75, 3.05) is 19.6 Å². The van der Waals surface area contributed by atoms with Gasteiger partial charge in [0.15, 0.2) is 5.60 Å². The first-order valence-electron chi connectivity index (χ1n) is 10.3. The second-order valence-corrected chi connectivity index (χ2v) is 8.52. The number of halogens is 1. The van der Waals surface area contributed by atoms with Gasteiger partial charge in [0.2, 0.25) is 11.4 Å². The Balaban J connectivity index is 1.62. The SMILES string of the molecule is COc1ccc(CN2C(=O)C(CCCl)[C@@]3(C)OC(=O)C23COCc2ccccc2)cc1. The molecule has 2 saturated heterocycles. The summed E-state index contributed by atoms with van der Waals surface area (Å²) in [6, 6.07) is 17.2. The Morgan fingerprint density at radius 1 is 1.06 bits per heavy atom. The minimum atomic E-state index is -1.17. The average molecular weight is 444 g/mol. The van der Waals surface area contributed by atoms with Crippen molar-refractivity contribution < 1.29 is 23.8 Å². The first-order chi connectivity index (χ1) is 15.0. The lowest BCUT2D eigenvalue weighted by atomic mass is 9.71. The van der Waals surface area contributed by atoms with E-state index in [1.165, 1.54) is 0 Å². The third-order valence-corrected chi connectivity index (χ3v) is 6.69. The fraction of sp³-hybridized carbons (Fsp3) is 0.417. The minimum absolute atomic E-state index is 0.0674. The van der Waals surface area contributed by atoms with Crippen LogP contribution >= 0.6 is 11.6 Å². The van der Waals surface area contributed by atoms with Crippen molar-refractivity contribution in [3.05, 3.63) is 65.7 Å². The molecule has 7 heteroatoms. The Morgan fingerprint density at radius 2 is 1.77 bits per heavy atom. The van der Waals surface area contributed by atoms with Crippen molar-refractivity contribution in [3.8, 4) is 5.75 Å². The molecule has 4 rings (SSSR count). The molecule has 3 atom stereocenters.